The maximum absolute atomic E-state index is 11.7. The zero-order valence-electron chi connectivity index (χ0n) is 12.9. The summed E-state index contributed by atoms with van der Waals surface area (Å²) in [5.41, 5.74) is 1.27. The Hall–Kier alpha value is -2.04. The minimum Gasteiger partial charge on any atom is -0.480 e. The molecule has 0 saturated heterocycles. The maximum Gasteiger partial charge on any atom is 0.408 e. The Kier molecular flexibility index (Phi) is 5.41. The molecular weight excluding hydrogens is 282 g/mol. The predicted molar refractivity (Wildman–Crippen MR) is 82.4 cm³/mol. The molecule has 0 aromatic heterocycles. The third kappa shape index (κ3) is 5.39. The lowest BCUT2D eigenvalue weighted by Gasteiger charge is -2.15. The van der Waals surface area contributed by atoms with Gasteiger partial charge in [-0.25, -0.2) is 9.59 Å². The quantitative estimate of drug-likeness (QED) is 0.772. The van der Waals surface area contributed by atoms with Gasteiger partial charge in [-0.1, -0.05) is 43.7 Å². The Morgan fingerprint density at radius 1 is 1.32 bits per heavy atom. The molecule has 2 N–H and O–H groups in total. The van der Waals surface area contributed by atoms with Gasteiger partial charge in [-0.05, 0) is 36.7 Å². The molecule has 0 heterocycles. The van der Waals surface area contributed by atoms with Crippen molar-refractivity contribution >= 4 is 12.1 Å². The first-order valence-corrected chi connectivity index (χ1v) is 7.69. The van der Waals surface area contributed by atoms with E-state index in [2.05, 4.69) is 12.2 Å². The molecule has 1 aliphatic rings. The van der Waals surface area contributed by atoms with Crippen molar-refractivity contribution in [2.45, 2.75) is 51.7 Å². The monoisotopic (exact) mass is 305 g/mol. The standard InChI is InChI=1S/C17H23NO4/c1-17(10-11-17)9-5-8-14(15(19)20)18-16(21)22-12-13-6-3-2-4-7-13/h2-4,6-7,14H,5,8-12H2,1H3,(H,18,21)(H,19,20). The molecule has 2 rings (SSSR count). The second-order valence-corrected chi connectivity index (χ2v) is 6.30. The predicted octanol–water partition coefficient (Wildman–Crippen LogP) is 3.34. The number of nitrogens with one attached hydrogen (secondary N) is 1. The molecule has 0 radical (unpaired) electrons. The van der Waals surface area contributed by atoms with E-state index in [0.717, 1.165) is 18.4 Å². The number of amides is 1. The number of carbonyl (C=O) groups is 2. The molecule has 1 aliphatic carbocycles. The average molecular weight is 305 g/mol. The summed E-state index contributed by atoms with van der Waals surface area (Å²) in [5.74, 6) is -1.02. The highest BCUT2D eigenvalue weighted by Crippen LogP contribution is 2.49. The van der Waals surface area contributed by atoms with E-state index < -0.39 is 18.1 Å². The summed E-state index contributed by atoms with van der Waals surface area (Å²) in [6.07, 6.45) is 4.00. The van der Waals surface area contributed by atoms with Gasteiger partial charge in [0.15, 0.2) is 0 Å². The Labute approximate surface area is 130 Å². The number of carboxylic acids is 1. The molecule has 1 atom stereocenters. The topological polar surface area (TPSA) is 75.6 Å². The molecule has 0 spiro atoms. The summed E-state index contributed by atoms with van der Waals surface area (Å²) in [7, 11) is 0. The van der Waals surface area contributed by atoms with E-state index in [9.17, 15) is 14.7 Å². The van der Waals surface area contributed by atoms with Crippen molar-refractivity contribution in [3.05, 3.63) is 35.9 Å². The van der Waals surface area contributed by atoms with Crippen LogP contribution < -0.4 is 5.32 Å². The van der Waals surface area contributed by atoms with E-state index in [1.165, 1.54) is 12.8 Å². The van der Waals surface area contributed by atoms with Gasteiger partial charge >= 0.3 is 12.1 Å². The molecule has 1 unspecified atom stereocenters. The molecule has 120 valence electrons. The number of carbonyl (C=O) groups excluding carboxylic acids is 1. The lowest BCUT2D eigenvalue weighted by molar-refractivity contribution is -0.139. The molecule has 1 saturated carbocycles. The average Bonchev–Trinajstić information content (AvgIpc) is 3.23. The van der Waals surface area contributed by atoms with Gasteiger partial charge in [0.05, 0.1) is 0 Å². The van der Waals surface area contributed by atoms with Gasteiger partial charge in [0.25, 0.3) is 0 Å². The van der Waals surface area contributed by atoms with Gasteiger partial charge in [-0.2, -0.15) is 0 Å². The first-order chi connectivity index (χ1) is 10.5. The van der Waals surface area contributed by atoms with Gasteiger partial charge in [0.1, 0.15) is 12.6 Å². The minimum atomic E-state index is -1.02. The molecule has 22 heavy (non-hydrogen) atoms. The van der Waals surface area contributed by atoms with E-state index in [1.807, 2.05) is 30.3 Å². The molecule has 1 aromatic carbocycles. The lowest BCUT2D eigenvalue weighted by Crippen LogP contribution is -2.41. The summed E-state index contributed by atoms with van der Waals surface area (Å²) in [6, 6.07) is 8.40. The van der Waals surface area contributed by atoms with Crippen LogP contribution in [-0.2, 0) is 16.1 Å². The van der Waals surface area contributed by atoms with Crippen LogP contribution in [0.15, 0.2) is 30.3 Å². The second kappa shape index (κ2) is 7.29. The van der Waals surface area contributed by atoms with Crippen molar-refractivity contribution in [2.75, 3.05) is 0 Å². The fraction of sp³-hybridized carbons (Fsp3) is 0.529. The molecule has 1 amide bonds. The van der Waals surface area contributed by atoms with E-state index in [-0.39, 0.29) is 6.61 Å². The summed E-state index contributed by atoms with van der Waals surface area (Å²) in [6.45, 7) is 2.35. The first-order valence-electron chi connectivity index (χ1n) is 7.69. The van der Waals surface area contributed by atoms with Crippen LogP contribution in [0.3, 0.4) is 0 Å². The van der Waals surface area contributed by atoms with E-state index in [1.54, 1.807) is 0 Å². The smallest absolute Gasteiger partial charge is 0.408 e. The molecular formula is C17H23NO4. The van der Waals surface area contributed by atoms with Crippen molar-refractivity contribution in [1.82, 2.24) is 5.32 Å². The number of ether oxygens (including phenoxy) is 1. The Morgan fingerprint density at radius 3 is 2.59 bits per heavy atom. The number of rotatable bonds is 8. The highest BCUT2D eigenvalue weighted by Gasteiger charge is 2.36. The number of aliphatic carboxylic acids is 1. The molecule has 0 bridgehead atoms. The van der Waals surface area contributed by atoms with Crippen LogP contribution >= 0.6 is 0 Å². The van der Waals surface area contributed by atoms with Gasteiger partial charge < -0.3 is 15.2 Å². The van der Waals surface area contributed by atoms with Crippen molar-refractivity contribution in [2.24, 2.45) is 5.41 Å². The van der Waals surface area contributed by atoms with Crippen LogP contribution in [0.4, 0.5) is 4.79 Å². The van der Waals surface area contributed by atoms with Gasteiger partial charge in [0.2, 0.25) is 0 Å². The number of hydrogen-bond acceptors (Lipinski definition) is 3. The maximum atomic E-state index is 11.7. The lowest BCUT2D eigenvalue weighted by atomic mass is 9.99. The zero-order valence-corrected chi connectivity index (χ0v) is 12.9. The SMILES string of the molecule is CC1(CCCC(NC(=O)OCc2ccccc2)C(=O)O)CC1. The van der Waals surface area contributed by atoms with E-state index in [0.29, 0.717) is 11.8 Å². The van der Waals surface area contributed by atoms with Crippen LogP contribution in [0.1, 0.15) is 44.6 Å². The van der Waals surface area contributed by atoms with Crippen LogP contribution in [-0.4, -0.2) is 23.2 Å². The van der Waals surface area contributed by atoms with Gasteiger partial charge in [-0.3, -0.25) is 0 Å². The van der Waals surface area contributed by atoms with Crippen LogP contribution in [0.5, 0.6) is 0 Å². The fourth-order valence-electron chi connectivity index (χ4n) is 2.36. The number of benzene rings is 1. The number of carboxylic acid groups (broad SMARTS) is 1. The summed E-state index contributed by atoms with van der Waals surface area (Å²) in [5, 5.41) is 11.6. The first kappa shape index (κ1) is 16.3. The van der Waals surface area contributed by atoms with Crippen molar-refractivity contribution < 1.29 is 19.4 Å². The fourth-order valence-corrected chi connectivity index (χ4v) is 2.36. The third-order valence-corrected chi connectivity index (χ3v) is 4.18. The molecule has 1 fully saturated rings. The minimum absolute atomic E-state index is 0.136. The summed E-state index contributed by atoms with van der Waals surface area (Å²) in [4.78, 5) is 22.9. The Bertz CT molecular complexity index is 511. The van der Waals surface area contributed by atoms with Crippen LogP contribution in [0.2, 0.25) is 0 Å². The summed E-state index contributed by atoms with van der Waals surface area (Å²) < 4.78 is 5.05. The number of hydrogen-bond donors (Lipinski definition) is 2. The van der Waals surface area contributed by atoms with Gasteiger partial charge in [-0.15, -0.1) is 0 Å². The number of alkyl carbamates (subject to hydrolysis) is 1. The highest BCUT2D eigenvalue weighted by atomic mass is 16.5. The Balaban J connectivity index is 1.72. The third-order valence-electron chi connectivity index (χ3n) is 4.18. The molecule has 5 heteroatoms. The molecule has 1 aromatic rings. The van der Waals surface area contributed by atoms with E-state index in [4.69, 9.17) is 4.74 Å². The van der Waals surface area contributed by atoms with Crippen LogP contribution in [0, 0.1) is 5.41 Å². The normalized spacial score (nSPS) is 16.6. The van der Waals surface area contributed by atoms with Crippen molar-refractivity contribution in [3.63, 3.8) is 0 Å². The van der Waals surface area contributed by atoms with Gasteiger partial charge in [0, 0.05) is 0 Å². The Morgan fingerprint density at radius 2 is 2.00 bits per heavy atom. The van der Waals surface area contributed by atoms with Crippen LogP contribution in [0.25, 0.3) is 0 Å². The van der Waals surface area contributed by atoms with E-state index >= 15 is 0 Å². The largest absolute Gasteiger partial charge is 0.480 e. The van der Waals surface area contributed by atoms with Crippen molar-refractivity contribution in [1.29, 1.82) is 0 Å². The molecule has 0 aliphatic heterocycles. The van der Waals surface area contributed by atoms with Crippen molar-refractivity contribution in [3.8, 4) is 0 Å². The summed E-state index contributed by atoms with van der Waals surface area (Å²) >= 11 is 0. The second-order valence-electron chi connectivity index (χ2n) is 6.30. The highest BCUT2D eigenvalue weighted by molar-refractivity contribution is 5.79. The molecule has 5 nitrogen and oxygen atoms in total. The zero-order chi connectivity index (χ0) is 16.0.